The summed E-state index contributed by atoms with van der Waals surface area (Å²) in [7, 11) is 0. The summed E-state index contributed by atoms with van der Waals surface area (Å²) >= 11 is 6.17. The quantitative estimate of drug-likeness (QED) is 0.637. The number of halogens is 1. The van der Waals surface area contributed by atoms with Gasteiger partial charge < -0.3 is 4.57 Å². The highest BCUT2D eigenvalue weighted by atomic mass is 35.5. The van der Waals surface area contributed by atoms with Crippen molar-refractivity contribution in [2.75, 3.05) is 0 Å². The summed E-state index contributed by atoms with van der Waals surface area (Å²) in [4.78, 5) is 12.5. The van der Waals surface area contributed by atoms with Gasteiger partial charge in [0.15, 0.2) is 5.78 Å². The van der Waals surface area contributed by atoms with E-state index in [0.717, 1.165) is 22.0 Å². The van der Waals surface area contributed by atoms with Crippen LogP contribution >= 0.6 is 11.6 Å². The van der Waals surface area contributed by atoms with Crippen LogP contribution in [0.4, 0.5) is 0 Å². The second kappa shape index (κ2) is 5.38. The molecular formula is C18H16ClNO. The van der Waals surface area contributed by atoms with E-state index in [2.05, 4.69) is 0 Å². The van der Waals surface area contributed by atoms with E-state index in [1.807, 2.05) is 67.1 Å². The minimum atomic E-state index is 0.116. The van der Waals surface area contributed by atoms with Gasteiger partial charge in [0.05, 0.1) is 6.54 Å². The lowest BCUT2D eigenvalue weighted by Gasteiger charge is -2.08. The van der Waals surface area contributed by atoms with Crippen molar-refractivity contribution in [2.45, 2.75) is 20.4 Å². The highest BCUT2D eigenvalue weighted by molar-refractivity contribution is 6.35. The Bertz CT molecular complexity index is 832. The van der Waals surface area contributed by atoms with Gasteiger partial charge in [0.1, 0.15) is 0 Å². The largest absolute Gasteiger partial charge is 0.340 e. The van der Waals surface area contributed by atoms with E-state index < -0.39 is 0 Å². The van der Waals surface area contributed by atoms with Crippen LogP contribution < -0.4 is 0 Å². The Morgan fingerprint density at radius 3 is 2.71 bits per heavy atom. The number of benzene rings is 2. The lowest BCUT2D eigenvalue weighted by atomic mass is 10.0. The minimum Gasteiger partial charge on any atom is -0.340 e. The van der Waals surface area contributed by atoms with E-state index in [-0.39, 0.29) is 5.78 Å². The van der Waals surface area contributed by atoms with Crippen molar-refractivity contribution in [3.05, 3.63) is 70.4 Å². The molecule has 0 fully saturated rings. The van der Waals surface area contributed by atoms with Gasteiger partial charge in [-0.15, -0.1) is 0 Å². The molecule has 2 aromatic carbocycles. The zero-order valence-corrected chi connectivity index (χ0v) is 12.8. The van der Waals surface area contributed by atoms with Crippen molar-refractivity contribution in [3.63, 3.8) is 0 Å². The Kier molecular flexibility index (Phi) is 3.56. The lowest BCUT2D eigenvalue weighted by molar-refractivity contribution is 0.0973. The fraction of sp³-hybridized carbons (Fsp3) is 0.167. The fourth-order valence-corrected chi connectivity index (χ4v) is 2.92. The Morgan fingerprint density at radius 2 is 1.95 bits per heavy atom. The van der Waals surface area contributed by atoms with Gasteiger partial charge in [0.25, 0.3) is 0 Å². The third-order valence-electron chi connectivity index (χ3n) is 3.76. The summed E-state index contributed by atoms with van der Waals surface area (Å²) in [5.41, 5.74) is 3.96. The summed E-state index contributed by atoms with van der Waals surface area (Å²) in [5.74, 6) is 0.116. The van der Waals surface area contributed by atoms with Crippen molar-refractivity contribution < 1.29 is 4.79 Å². The second-order valence-electron chi connectivity index (χ2n) is 5.36. The van der Waals surface area contributed by atoms with Crippen molar-refractivity contribution >= 4 is 28.3 Å². The van der Waals surface area contributed by atoms with Gasteiger partial charge in [0, 0.05) is 27.7 Å². The average molecular weight is 298 g/mol. The molecule has 0 aliphatic carbocycles. The molecule has 0 unspecified atom stereocenters. The summed E-state index contributed by atoms with van der Waals surface area (Å²) in [6.45, 7) is 4.33. The fourth-order valence-electron chi connectivity index (χ4n) is 2.69. The van der Waals surface area contributed by atoms with Crippen LogP contribution in [-0.4, -0.2) is 10.4 Å². The first kappa shape index (κ1) is 13.9. The Balaban J connectivity index is 1.95. The van der Waals surface area contributed by atoms with E-state index in [1.165, 1.54) is 5.56 Å². The van der Waals surface area contributed by atoms with Gasteiger partial charge in [0.2, 0.25) is 0 Å². The number of rotatable bonds is 3. The highest BCUT2D eigenvalue weighted by Crippen LogP contribution is 2.24. The SMILES string of the molecule is Cc1ccc(C(=O)Cn2ccc3c(Cl)cccc32)c(C)c1. The van der Waals surface area contributed by atoms with Crippen LogP contribution in [0.25, 0.3) is 10.9 Å². The Morgan fingerprint density at radius 1 is 1.14 bits per heavy atom. The molecule has 0 amide bonds. The number of carbonyl (C=O) groups is 1. The zero-order chi connectivity index (χ0) is 15.0. The van der Waals surface area contributed by atoms with Crippen LogP contribution in [0.5, 0.6) is 0 Å². The predicted molar refractivity (Wildman–Crippen MR) is 87.2 cm³/mol. The molecule has 3 aromatic rings. The number of carbonyl (C=O) groups excluding carboxylic acids is 1. The van der Waals surface area contributed by atoms with Crippen molar-refractivity contribution in [3.8, 4) is 0 Å². The third-order valence-corrected chi connectivity index (χ3v) is 4.09. The minimum absolute atomic E-state index is 0.116. The highest BCUT2D eigenvalue weighted by Gasteiger charge is 2.12. The molecule has 0 aliphatic heterocycles. The molecule has 1 heterocycles. The van der Waals surface area contributed by atoms with Crippen LogP contribution in [0.15, 0.2) is 48.7 Å². The monoisotopic (exact) mass is 297 g/mol. The molecule has 0 radical (unpaired) electrons. The molecule has 3 heteroatoms. The molecule has 0 bridgehead atoms. The molecule has 0 aliphatic rings. The number of fused-ring (bicyclic) bond motifs is 1. The van der Waals surface area contributed by atoms with Gasteiger partial charge >= 0.3 is 0 Å². The number of hydrogen-bond acceptors (Lipinski definition) is 1. The summed E-state index contributed by atoms with van der Waals surface area (Å²) in [6.07, 6.45) is 1.91. The smallest absolute Gasteiger partial charge is 0.182 e. The van der Waals surface area contributed by atoms with Crippen LogP contribution in [0.2, 0.25) is 5.02 Å². The van der Waals surface area contributed by atoms with E-state index in [1.54, 1.807) is 0 Å². The number of nitrogens with zero attached hydrogens (tertiary/aromatic N) is 1. The Hall–Kier alpha value is -2.06. The number of ketones is 1. The van der Waals surface area contributed by atoms with Gasteiger partial charge in [-0.25, -0.2) is 0 Å². The second-order valence-corrected chi connectivity index (χ2v) is 5.77. The van der Waals surface area contributed by atoms with Gasteiger partial charge in [-0.2, -0.15) is 0 Å². The Labute approximate surface area is 129 Å². The van der Waals surface area contributed by atoms with Crippen LogP contribution in [0.3, 0.4) is 0 Å². The average Bonchev–Trinajstić information content (AvgIpc) is 2.83. The molecule has 2 nitrogen and oxygen atoms in total. The molecule has 0 saturated carbocycles. The molecule has 0 atom stereocenters. The normalized spacial score (nSPS) is 11.0. The van der Waals surface area contributed by atoms with Gasteiger partial charge in [-0.3, -0.25) is 4.79 Å². The van der Waals surface area contributed by atoms with Crippen molar-refractivity contribution in [1.82, 2.24) is 4.57 Å². The zero-order valence-electron chi connectivity index (χ0n) is 12.1. The van der Waals surface area contributed by atoms with E-state index in [4.69, 9.17) is 11.6 Å². The first-order chi connectivity index (χ1) is 10.1. The van der Waals surface area contributed by atoms with Gasteiger partial charge in [-0.05, 0) is 37.6 Å². The topological polar surface area (TPSA) is 22.0 Å². The molecule has 1 aromatic heterocycles. The standard InChI is InChI=1S/C18H16ClNO/c1-12-6-7-14(13(2)10-12)18(21)11-20-9-8-15-16(19)4-3-5-17(15)20/h3-10H,11H2,1-2H3. The third kappa shape index (κ3) is 2.59. The maximum atomic E-state index is 12.5. The predicted octanol–water partition coefficient (Wildman–Crippen LogP) is 4.79. The molecule has 3 rings (SSSR count). The van der Waals surface area contributed by atoms with E-state index in [9.17, 15) is 4.79 Å². The van der Waals surface area contributed by atoms with E-state index >= 15 is 0 Å². The lowest BCUT2D eigenvalue weighted by Crippen LogP contribution is -2.11. The molecular weight excluding hydrogens is 282 g/mol. The number of Topliss-reactive ketones (excluding diaryl/α,β-unsaturated/α-hetero) is 1. The van der Waals surface area contributed by atoms with Crippen LogP contribution in [-0.2, 0) is 6.54 Å². The summed E-state index contributed by atoms with van der Waals surface area (Å²) in [6, 6.07) is 13.6. The van der Waals surface area contributed by atoms with Crippen LogP contribution in [0.1, 0.15) is 21.5 Å². The summed E-state index contributed by atoms with van der Waals surface area (Å²) < 4.78 is 1.95. The number of aromatic nitrogens is 1. The first-order valence-electron chi connectivity index (χ1n) is 6.90. The molecule has 0 saturated heterocycles. The van der Waals surface area contributed by atoms with Crippen molar-refractivity contribution in [1.29, 1.82) is 0 Å². The maximum absolute atomic E-state index is 12.5. The molecule has 0 spiro atoms. The molecule has 21 heavy (non-hydrogen) atoms. The number of hydrogen-bond donors (Lipinski definition) is 0. The maximum Gasteiger partial charge on any atom is 0.182 e. The molecule has 106 valence electrons. The van der Waals surface area contributed by atoms with Crippen LogP contribution in [0, 0.1) is 13.8 Å². The van der Waals surface area contributed by atoms with E-state index in [0.29, 0.717) is 11.6 Å². The number of aryl methyl sites for hydroxylation is 2. The summed E-state index contributed by atoms with van der Waals surface area (Å²) in [5, 5.41) is 1.69. The van der Waals surface area contributed by atoms with Crippen molar-refractivity contribution in [2.24, 2.45) is 0 Å². The van der Waals surface area contributed by atoms with Gasteiger partial charge in [-0.1, -0.05) is 41.4 Å². The molecule has 0 N–H and O–H groups in total. The first-order valence-corrected chi connectivity index (χ1v) is 7.28.